The topological polar surface area (TPSA) is 87.4 Å². The molecule has 0 aliphatic carbocycles. The number of hydrogen-bond donors (Lipinski definition) is 1. The second-order valence-electron chi connectivity index (χ2n) is 5.77. The largest absolute Gasteiger partial charge is 0.471 e. The van der Waals surface area contributed by atoms with Gasteiger partial charge in [0.25, 0.3) is 0 Å². The van der Waals surface area contributed by atoms with Crippen LogP contribution >= 0.6 is 0 Å². The van der Waals surface area contributed by atoms with E-state index in [0.717, 1.165) is 0 Å². The Hall–Kier alpha value is -3.11. The van der Waals surface area contributed by atoms with Crippen LogP contribution in [0.3, 0.4) is 0 Å². The van der Waals surface area contributed by atoms with Gasteiger partial charge < -0.3 is 19.6 Å². The lowest BCUT2D eigenvalue weighted by Crippen LogP contribution is -2.52. The average molecular weight is 382 g/mol. The molecule has 3 rings (SSSR count). The maximum atomic E-state index is 12.5. The summed E-state index contributed by atoms with van der Waals surface area (Å²) in [5.41, 5.74) is 0.320. The molecule has 1 aliphatic rings. The maximum Gasteiger partial charge on any atom is 0.471 e. The van der Waals surface area contributed by atoms with Crippen LogP contribution < -0.4 is 10.2 Å². The van der Waals surface area contributed by atoms with Gasteiger partial charge in [0, 0.05) is 44.5 Å². The number of anilines is 1. The molecule has 11 heteroatoms. The Kier molecular flexibility index (Phi) is 5.28. The molecule has 2 aromatic heterocycles. The zero-order chi connectivity index (χ0) is 19.4. The highest BCUT2D eigenvalue weighted by Crippen LogP contribution is 2.29. The van der Waals surface area contributed by atoms with Gasteiger partial charge in [-0.15, -0.1) is 6.58 Å². The van der Waals surface area contributed by atoms with Crippen LogP contribution in [0.5, 0.6) is 0 Å². The van der Waals surface area contributed by atoms with Gasteiger partial charge in [-0.05, 0) is 12.1 Å². The van der Waals surface area contributed by atoms with Crippen molar-refractivity contribution in [1.29, 1.82) is 0 Å². The van der Waals surface area contributed by atoms with Crippen LogP contribution in [-0.2, 0) is 6.18 Å². The number of carbonyl (C=O) groups is 1. The van der Waals surface area contributed by atoms with Crippen LogP contribution in [0.25, 0.3) is 11.4 Å². The van der Waals surface area contributed by atoms with Crippen molar-refractivity contribution in [2.45, 2.75) is 6.18 Å². The Labute approximate surface area is 152 Å². The van der Waals surface area contributed by atoms with E-state index in [0.29, 0.717) is 44.1 Å². The minimum atomic E-state index is -4.68. The summed E-state index contributed by atoms with van der Waals surface area (Å²) >= 11 is 0. The molecule has 0 saturated carbocycles. The van der Waals surface area contributed by atoms with Crippen LogP contribution in [0.2, 0.25) is 0 Å². The van der Waals surface area contributed by atoms with Gasteiger partial charge >= 0.3 is 18.1 Å². The number of piperazine rings is 1. The Bertz CT molecular complexity index is 797. The molecule has 2 amide bonds. The molecule has 0 radical (unpaired) electrons. The van der Waals surface area contributed by atoms with Gasteiger partial charge in [0.05, 0.1) is 0 Å². The second kappa shape index (κ2) is 7.64. The molecular formula is C16H17F3N6O2. The summed E-state index contributed by atoms with van der Waals surface area (Å²) in [6.45, 7) is 6.21. The third kappa shape index (κ3) is 4.36. The molecule has 0 aromatic carbocycles. The fraction of sp³-hybridized carbons (Fsp3) is 0.375. The number of amides is 2. The first kappa shape index (κ1) is 18.7. The number of rotatable bonds is 4. The van der Waals surface area contributed by atoms with Crippen LogP contribution in [0.1, 0.15) is 5.89 Å². The van der Waals surface area contributed by atoms with Crippen molar-refractivity contribution in [2.24, 2.45) is 0 Å². The molecule has 3 heterocycles. The number of carbonyl (C=O) groups excluding carboxylic acids is 1. The molecule has 27 heavy (non-hydrogen) atoms. The first-order valence-electron chi connectivity index (χ1n) is 8.14. The quantitative estimate of drug-likeness (QED) is 0.816. The van der Waals surface area contributed by atoms with Crippen molar-refractivity contribution >= 4 is 11.8 Å². The van der Waals surface area contributed by atoms with E-state index in [1.54, 1.807) is 23.1 Å². The average Bonchev–Trinajstić information content (AvgIpc) is 3.17. The minimum absolute atomic E-state index is 0.143. The van der Waals surface area contributed by atoms with Gasteiger partial charge in [-0.3, -0.25) is 0 Å². The highest BCUT2D eigenvalue weighted by molar-refractivity contribution is 5.74. The van der Waals surface area contributed by atoms with Crippen molar-refractivity contribution < 1.29 is 22.5 Å². The summed E-state index contributed by atoms with van der Waals surface area (Å²) < 4.78 is 41.8. The highest BCUT2D eigenvalue weighted by atomic mass is 19.4. The van der Waals surface area contributed by atoms with Gasteiger partial charge in [0.1, 0.15) is 5.82 Å². The van der Waals surface area contributed by atoms with E-state index in [1.165, 1.54) is 6.20 Å². The number of halogens is 3. The molecule has 0 bridgehead atoms. The van der Waals surface area contributed by atoms with Crippen LogP contribution in [-0.4, -0.2) is 58.8 Å². The van der Waals surface area contributed by atoms with E-state index in [9.17, 15) is 18.0 Å². The predicted molar refractivity (Wildman–Crippen MR) is 89.9 cm³/mol. The molecule has 1 saturated heterocycles. The second-order valence-corrected chi connectivity index (χ2v) is 5.77. The summed E-state index contributed by atoms with van der Waals surface area (Å²) in [4.78, 5) is 23.2. The van der Waals surface area contributed by atoms with E-state index in [4.69, 9.17) is 0 Å². The molecule has 0 spiro atoms. The third-order valence-electron chi connectivity index (χ3n) is 3.96. The minimum Gasteiger partial charge on any atom is -0.353 e. The van der Waals surface area contributed by atoms with Gasteiger partial charge in [-0.25, -0.2) is 9.78 Å². The summed E-state index contributed by atoms with van der Waals surface area (Å²) in [6, 6.07) is 3.11. The Balaban J connectivity index is 1.61. The number of hydrogen-bond acceptors (Lipinski definition) is 6. The third-order valence-corrected chi connectivity index (χ3v) is 3.96. The molecular weight excluding hydrogens is 365 g/mol. The number of alkyl halides is 3. The zero-order valence-electron chi connectivity index (χ0n) is 14.2. The van der Waals surface area contributed by atoms with Crippen LogP contribution in [0, 0.1) is 0 Å². The Morgan fingerprint density at radius 3 is 2.59 bits per heavy atom. The van der Waals surface area contributed by atoms with E-state index in [1.807, 2.05) is 4.90 Å². The van der Waals surface area contributed by atoms with Crippen molar-refractivity contribution in [2.75, 3.05) is 37.6 Å². The van der Waals surface area contributed by atoms with Crippen molar-refractivity contribution in [3.05, 3.63) is 36.9 Å². The lowest BCUT2D eigenvalue weighted by Gasteiger charge is -2.35. The van der Waals surface area contributed by atoms with Crippen molar-refractivity contribution in [3.63, 3.8) is 0 Å². The van der Waals surface area contributed by atoms with E-state index >= 15 is 0 Å². The highest BCUT2D eigenvalue weighted by Gasteiger charge is 2.38. The first-order valence-corrected chi connectivity index (χ1v) is 8.14. The summed E-state index contributed by atoms with van der Waals surface area (Å²) in [6.07, 6.45) is -1.68. The number of pyridine rings is 1. The smallest absolute Gasteiger partial charge is 0.353 e. The summed E-state index contributed by atoms with van der Waals surface area (Å²) in [7, 11) is 0. The van der Waals surface area contributed by atoms with Gasteiger partial charge in [-0.1, -0.05) is 11.2 Å². The molecule has 1 aliphatic heterocycles. The number of nitrogens with zero attached hydrogens (tertiary/aromatic N) is 5. The van der Waals surface area contributed by atoms with Crippen LogP contribution in [0.4, 0.5) is 23.8 Å². The standard InChI is InChI=1S/C16H17F3N6O2/c1-2-5-20-15(26)25-8-6-24(7-9-25)12-4-3-11(10-21-12)13-22-14(27-23-13)16(17,18)19/h2-4,10H,1,5-9H2,(H,20,26). The monoisotopic (exact) mass is 382 g/mol. The van der Waals surface area contributed by atoms with Crippen molar-refractivity contribution in [3.8, 4) is 11.4 Å². The molecule has 1 N–H and O–H groups in total. The zero-order valence-corrected chi connectivity index (χ0v) is 14.2. The molecule has 8 nitrogen and oxygen atoms in total. The number of nitrogens with one attached hydrogen (secondary N) is 1. The van der Waals surface area contributed by atoms with Gasteiger partial charge in [0.15, 0.2) is 0 Å². The number of urea groups is 1. The normalized spacial score (nSPS) is 14.9. The molecule has 1 fully saturated rings. The van der Waals surface area contributed by atoms with E-state index in [2.05, 4.69) is 31.5 Å². The summed E-state index contributed by atoms with van der Waals surface area (Å²) in [5, 5.41) is 6.06. The van der Waals surface area contributed by atoms with Crippen molar-refractivity contribution in [1.82, 2.24) is 25.3 Å². The molecule has 0 atom stereocenters. The SMILES string of the molecule is C=CCNC(=O)N1CCN(c2ccc(-c3noc(C(F)(F)F)n3)cn2)CC1. The fourth-order valence-electron chi connectivity index (χ4n) is 2.57. The molecule has 0 unspecified atom stereocenters. The van der Waals surface area contributed by atoms with Crippen LogP contribution in [0.15, 0.2) is 35.5 Å². The molecule has 2 aromatic rings. The molecule has 144 valence electrons. The maximum absolute atomic E-state index is 12.5. The lowest BCUT2D eigenvalue weighted by atomic mass is 10.2. The van der Waals surface area contributed by atoms with E-state index in [-0.39, 0.29) is 11.9 Å². The Morgan fingerprint density at radius 2 is 2.04 bits per heavy atom. The fourth-order valence-corrected chi connectivity index (χ4v) is 2.57. The number of aromatic nitrogens is 3. The predicted octanol–water partition coefficient (Wildman–Crippen LogP) is 2.17. The first-order chi connectivity index (χ1) is 12.9. The van der Waals surface area contributed by atoms with Gasteiger partial charge in [-0.2, -0.15) is 18.2 Å². The van der Waals surface area contributed by atoms with Gasteiger partial charge in [0.2, 0.25) is 5.82 Å². The summed E-state index contributed by atoms with van der Waals surface area (Å²) in [5.74, 6) is -0.915. The lowest BCUT2D eigenvalue weighted by molar-refractivity contribution is -0.159. The van der Waals surface area contributed by atoms with E-state index < -0.39 is 12.1 Å². The Morgan fingerprint density at radius 1 is 1.30 bits per heavy atom.